The first-order valence-electron chi connectivity index (χ1n) is 6.95. The van der Waals surface area contributed by atoms with Gasteiger partial charge in [0.1, 0.15) is 11.6 Å². The van der Waals surface area contributed by atoms with Crippen molar-refractivity contribution in [3.8, 4) is 0 Å². The molecule has 0 aliphatic carbocycles. The average molecular weight is 268 g/mol. The summed E-state index contributed by atoms with van der Waals surface area (Å²) in [7, 11) is 0. The van der Waals surface area contributed by atoms with E-state index in [1.54, 1.807) is 0 Å². The van der Waals surface area contributed by atoms with Crippen molar-refractivity contribution in [1.82, 2.24) is 4.90 Å². The second kappa shape index (κ2) is 5.97. The average Bonchev–Trinajstić information content (AvgIpc) is 2.39. The Morgan fingerprint density at radius 3 is 2.79 bits per heavy atom. The molecule has 1 saturated heterocycles. The molecule has 3 atom stereocenters. The van der Waals surface area contributed by atoms with Gasteiger partial charge in [-0.3, -0.25) is 4.90 Å². The van der Waals surface area contributed by atoms with Crippen LogP contribution in [0.1, 0.15) is 38.3 Å². The normalized spacial score (nSPS) is 26.4. The number of likely N-dealkylation sites (tertiary alicyclic amines) is 1. The number of hydrogen-bond donors (Lipinski definition) is 1. The first kappa shape index (κ1) is 14.4. The molecule has 1 fully saturated rings. The zero-order valence-corrected chi connectivity index (χ0v) is 11.6. The van der Waals surface area contributed by atoms with E-state index < -0.39 is 5.82 Å². The zero-order valence-electron chi connectivity index (χ0n) is 11.6. The number of hydrogen-bond acceptors (Lipinski definition) is 2. The lowest BCUT2D eigenvalue weighted by Crippen LogP contribution is -2.46. The molecule has 3 unspecified atom stereocenters. The highest BCUT2D eigenvalue weighted by atomic mass is 19.1. The SMILES string of the molecule is CC1CCCN(C(CN)c2cc(F)ccc2F)C1C. The molecule has 0 radical (unpaired) electrons. The van der Waals surface area contributed by atoms with Crippen LogP contribution < -0.4 is 5.73 Å². The van der Waals surface area contributed by atoms with E-state index in [-0.39, 0.29) is 11.9 Å². The van der Waals surface area contributed by atoms with E-state index >= 15 is 0 Å². The molecule has 1 aliphatic rings. The van der Waals surface area contributed by atoms with Crippen LogP contribution in [0, 0.1) is 17.6 Å². The highest BCUT2D eigenvalue weighted by Gasteiger charge is 2.31. The summed E-state index contributed by atoms with van der Waals surface area (Å²) in [6.07, 6.45) is 2.26. The number of nitrogens with zero attached hydrogens (tertiary/aromatic N) is 1. The van der Waals surface area contributed by atoms with E-state index in [2.05, 4.69) is 18.7 Å². The van der Waals surface area contributed by atoms with Crippen LogP contribution in [0.3, 0.4) is 0 Å². The maximum absolute atomic E-state index is 13.9. The monoisotopic (exact) mass is 268 g/mol. The van der Waals surface area contributed by atoms with Crippen molar-refractivity contribution in [1.29, 1.82) is 0 Å². The molecule has 0 aromatic heterocycles. The molecule has 0 saturated carbocycles. The van der Waals surface area contributed by atoms with Crippen molar-refractivity contribution in [3.63, 3.8) is 0 Å². The van der Waals surface area contributed by atoms with Gasteiger partial charge in [-0.05, 0) is 50.4 Å². The molecule has 0 bridgehead atoms. The maximum Gasteiger partial charge on any atom is 0.128 e. The molecule has 106 valence electrons. The molecule has 1 aromatic carbocycles. The fourth-order valence-corrected chi connectivity index (χ4v) is 3.02. The Balaban J connectivity index is 2.30. The van der Waals surface area contributed by atoms with Crippen molar-refractivity contribution in [3.05, 3.63) is 35.4 Å². The van der Waals surface area contributed by atoms with Gasteiger partial charge in [-0.1, -0.05) is 6.92 Å². The minimum absolute atomic E-state index is 0.242. The third-order valence-electron chi connectivity index (χ3n) is 4.36. The Kier molecular flexibility index (Phi) is 4.53. The molecule has 0 amide bonds. The fraction of sp³-hybridized carbons (Fsp3) is 0.600. The number of piperidine rings is 1. The van der Waals surface area contributed by atoms with Gasteiger partial charge >= 0.3 is 0 Å². The predicted molar refractivity (Wildman–Crippen MR) is 72.7 cm³/mol. The van der Waals surface area contributed by atoms with E-state index in [0.29, 0.717) is 24.1 Å². The highest BCUT2D eigenvalue weighted by Crippen LogP contribution is 2.32. The molecule has 2 nitrogen and oxygen atoms in total. The maximum atomic E-state index is 13.9. The minimum atomic E-state index is -0.410. The summed E-state index contributed by atoms with van der Waals surface area (Å²) < 4.78 is 27.3. The molecule has 1 aromatic rings. The van der Waals surface area contributed by atoms with E-state index in [0.717, 1.165) is 19.0 Å². The van der Waals surface area contributed by atoms with Crippen LogP contribution in [-0.4, -0.2) is 24.0 Å². The van der Waals surface area contributed by atoms with Gasteiger partial charge in [-0.25, -0.2) is 8.78 Å². The van der Waals surface area contributed by atoms with Gasteiger partial charge < -0.3 is 5.73 Å². The Morgan fingerprint density at radius 1 is 1.37 bits per heavy atom. The number of halogens is 2. The van der Waals surface area contributed by atoms with Gasteiger partial charge in [-0.15, -0.1) is 0 Å². The molecule has 1 aliphatic heterocycles. The van der Waals surface area contributed by atoms with Crippen LogP contribution in [0.4, 0.5) is 8.78 Å². The molecule has 2 rings (SSSR count). The van der Waals surface area contributed by atoms with E-state index in [1.807, 2.05) is 0 Å². The summed E-state index contributed by atoms with van der Waals surface area (Å²) in [6, 6.07) is 3.71. The molecule has 2 N–H and O–H groups in total. The van der Waals surface area contributed by atoms with Crippen molar-refractivity contribution < 1.29 is 8.78 Å². The Hall–Kier alpha value is -1.00. The van der Waals surface area contributed by atoms with Crippen molar-refractivity contribution in [2.45, 2.75) is 38.8 Å². The summed E-state index contributed by atoms with van der Waals surface area (Å²) in [5.74, 6) is -0.228. The first-order chi connectivity index (χ1) is 9.04. The second-order valence-electron chi connectivity index (χ2n) is 5.52. The zero-order chi connectivity index (χ0) is 14.0. The minimum Gasteiger partial charge on any atom is -0.329 e. The summed E-state index contributed by atoms with van der Waals surface area (Å²) in [6.45, 7) is 5.54. The van der Waals surface area contributed by atoms with Gasteiger partial charge in [0.05, 0.1) is 6.04 Å². The first-order valence-corrected chi connectivity index (χ1v) is 6.95. The van der Waals surface area contributed by atoms with Crippen LogP contribution in [0.5, 0.6) is 0 Å². The van der Waals surface area contributed by atoms with Gasteiger partial charge in [0.2, 0.25) is 0 Å². The molecule has 1 heterocycles. The van der Waals surface area contributed by atoms with Crippen molar-refractivity contribution in [2.24, 2.45) is 11.7 Å². The van der Waals surface area contributed by atoms with Crippen LogP contribution in [-0.2, 0) is 0 Å². The molecular formula is C15H22F2N2. The Morgan fingerprint density at radius 2 is 2.11 bits per heavy atom. The largest absolute Gasteiger partial charge is 0.329 e. The number of nitrogens with two attached hydrogens (primary N) is 1. The molecular weight excluding hydrogens is 246 g/mol. The summed E-state index contributed by atoms with van der Waals surface area (Å²) in [5.41, 5.74) is 6.21. The van der Waals surface area contributed by atoms with Gasteiger partial charge in [-0.2, -0.15) is 0 Å². The van der Waals surface area contributed by atoms with Crippen molar-refractivity contribution >= 4 is 0 Å². The lowest BCUT2D eigenvalue weighted by atomic mass is 9.89. The van der Waals surface area contributed by atoms with Crippen LogP contribution in [0.25, 0.3) is 0 Å². The van der Waals surface area contributed by atoms with Crippen molar-refractivity contribution in [2.75, 3.05) is 13.1 Å². The summed E-state index contributed by atoms with van der Waals surface area (Å²) >= 11 is 0. The highest BCUT2D eigenvalue weighted by molar-refractivity contribution is 5.23. The third kappa shape index (κ3) is 2.95. The molecule has 19 heavy (non-hydrogen) atoms. The van der Waals surface area contributed by atoms with E-state index in [9.17, 15) is 8.78 Å². The summed E-state index contributed by atoms with van der Waals surface area (Å²) in [4.78, 5) is 2.21. The Bertz CT molecular complexity index is 436. The van der Waals surface area contributed by atoms with Gasteiger partial charge in [0, 0.05) is 18.2 Å². The lowest BCUT2D eigenvalue weighted by Gasteiger charge is -2.42. The second-order valence-corrected chi connectivity index (χ2v) is 5.52. The van der Waals surface area contributed by atoms with Gasteiger partial charge in [0.25, 0.3) is 0 Å². The van der Waals surface area contributed by atoms with Crippen LogP contribution in [0.2, 0.25) is 0 Å². The van der Waals surface area contributed by atoms with E-state index in [4.69, 9.17) is 5.73 Å². The predicted octanol–water partition coefficient (Wildman–Crippen LogP) is 3.09. The third-order valence-corrected chi connectivity index (χ3v) is 4.36. The molecule has 0 spiro atoms. The number of benzene rings is 1. The molecule has 4 heteroatoms. The van der Waals surface area contributed by atoms with E-state index in [1.165, 1.54) is 18.6 Å². The Labute approximate surface area is 113 Å². The smallest absolute Gasteiger partial charge is 0.128 e. The quantitative estimate of drug-likeness (QED) is 0.912. The fourth-order valence-electron chi connectivity index (χ4n) is 3.02. The standard InChI is InChI=1S/C15H22F2N2/c1-10-4-3-7-19(11(10)2)15(9-18)13-8-12(16)5-6-14(13)17/h5-6,8,10-11,15H,3-4,7,9,18H2,1-2H3. The van der Waals surface area contributed by atoms with Gasteiger partial charge in [0.15, 0.2) is 0 Å². The van der Waals surface area contributed by atoms with Crippen LogP contribution in [0.15, 0.2) is 18.2 Å². The van der Waals surface area contributed by atoms with Crippen LogP contribution >= 0.6 is 0 Å². The topological polar surface area (TPSA) is 29.3 Å². The lowest BCUT2D eigenvalue weighted by molar-refractivity contribution is 0.0693. The number of rotatable bonds is 3. The summed E-state index contributed by atoms with van der Waals surface area (Å²) in [5, 5.41) is 0.